The van der Waals surface area contributed by atoms with Crippen molar-refractivity contribution < 1.29 is 9.59 Å². The van der Waals surface area contributed by atoms with Gasteiger partial charge in [-0.25, -0.2) is 0 Å². The van der Waals surface area contributed by atoms with E-state index in [-0.39, 0.29) is 23.9 Å². The highest BCUT2D eigenvalue weighted by atomic mass is 16.2. The highest BCUT2D eigenvalue weighted by molar-refractivity contribution is 5.97. The molecule has 7 heteroatoms. The lowest BCUT2D eigenvalue weighted by molar-refractivity contribution is -0.119. The summed E-state index contributed by atoms with van der Waals surface area (Å²) < 4.78 is 1.79. The van der Waals surface area contributed by atoms with Crippen molar-refractivity contribution in [1.29, 1.82) is 5.26 Å². The molecule has 0 radical (unpaired) electrons. The number of rotatable bonds is 5. The molecule has 7 nitrogen and oxygen atoms in total. The molecule has 2 fully saturated rings. The summed E-state index contributed by atoms with van der Waals surface area (Å²) in [5, 5.41) is 19.6. The first kappa shape index (κ1) is 18.2. The molecule has 2 aliphatic rings. The zero-order valence-electron chi connectivity index (χ0n) is 16.0. The van der Waals surface area contributed by atoms with Crippen molar-refractivity contribution in [3.63, 3.8) is 0 Å². The smallest absolute Gasteiger partial charge is 0.270 e. The molecule has 1 aliphatic heterocycles. The van der Waals surface area contributed by atoms with Gasteiger partial charge in [0.15, 0.2) is 0 Å². The Bertz CT molecular complexity index is 964. The summed E-state index contributed by atoms with van der Waals surface area (Å²) in [5.74, 6) is 0.107. The van der Waals surface area contributed by atoms with Crippen molar-refractivity contribution in [2.24, 2.45) is 0 Å². The molecule has 0 spiro atoms. The average molecular weight is 377 g/mol. The van der Waals surface area contributed by atoms with Gasteiger partial charge in [0, 0.05) is 30.1 Å². The third-order valence-electron chi connectivity index (χ3n) is 5.24. The van der Waals surface area contributed by atoms with Crippen molar-refractivity contribution in [2.75, 3.05) is 6.54 Å². The van der Waals surface area contributed by atoms with E-state index in [2.05, 4.69) is 16.7 Å². The molecule has 28 heavy (non-hydrogen) atoms. The number of aromatic nitrogens is 2. The number of hydrogen-bond acceptors (Lipinski definition) is 4. The molecule has 1 saturated heterocycles. The maximum absolute atomic E-state index is 13.2. The summed E-state index contributed by atoms with van der Waals surface area (Å²) in [7, 11) is 0. The number of hydrogen-bond donors (Lipinski definition) is 2. The van der Waals surface area contributed by atoms with Crippen LogP contribution in [0.5, 0.6) is 0 Å². The Morgan fingerprint density at radius 1 is 1.32 bits per heavy atom. The molecule has 1 aliphatic carbocycles. The first-order chi connectivity index (χ1) is 13.5. The molecule has 4 rings (SSSR count). The fourth-order valence-electron chi connectivity index (χ4n) is 3.68. The number of nitrogens with one attached hydrogen (secondary N) is 2. The van der Waals surface area contributed by atoms with E-state index >= 15 is 0 Å². The Balaban J connectivity index is 1.76. The van der Waals surface area contributed by atoms with Gasteiger partial charge in [-0.1, -0.05) is 12.1 Å². The second-order valence-corrected chi connectivity index (χ2v) is 7.79. The Kier molecular flexibility index (Phi) is 4.63. The molecule has 2 N–H and O–H groups in total. The van der Waals surface area contributed by atoms with Gasteiger partial charge in [-0.2, -0.15) is 10.4 Å². The van der Waals surface area contributed by atoms with Gasteiger partial charge in [-0.15, -0.1) is 0 Å². The third-order valence-corrected chi connectivity index (χ3v) is 5.24. The second kappa shape index (κ2) is 7.12. The van der Waals surface area contributed by atoms with Crippen LogP contribution >= 0.6 is 0 Å². The van der Waals surface area contributed by atoms with Crippen LogP contribution in [-0.2, 0) is 4.79 Å². The fraction of sp³-hybridized carbons (Fsp3) is 0.429. The van der Waals surface area contributed by atoms with Crippen molar-refractivity contribution in [3.05, 3.63) is 41.1 Å². The Morgan fingerprint density at radius 3 is 2.57 bits per heavy atom. The van der Waals surface area contributed by atoms with Crippen LogP contribution in [0.1, 0.15) is 66.7 Å². The molecule has 2 amide bonds. The second-order valence-electron chi connectivity index (χ2n) is 7.79. The highest BCUT2D eigenvalue weighted by Crippen LogP contribution is 2.46. The van der Waals surface area contributed by atoms with Gasteiger partial charge in [0.25, 0.3) is 5.91 Å². The summed E-state index contributed by atoms with van der Waals surface area (Å²) in [6, 6.07) is 9.28. The molecule has 1 aromatic heterocycles. The highest BCUT2D eigenvalue weighted by Gasteiger charge is 2.37. The zero-order chi connectivity index (χ0) is 19.8. The number of carbonyl (C=O) groups excluding carboxylic acids is 2. The largest absolute Gasteiger partial charge is 0.354 e. The third kappa shape index (κ3) is 3.38. The van der Waals surface area contributed by atoms with Gasteiger partial charge in [0.05, 0.1) is 23.4 Å². The number of nitrogens with zero attached hydrogens (tertiary/aromatic N) is 3. The molecule has 2 heterocycles. The summed E-state index contributed by atoms with van der Waals surface area (Å²) in [4.78, 5) is 24.6. The molecular formula is C21H23N5O2. The van der Waals surface area contributed by atoms with E-state index in [0.29, 0.717) is 30.1 Å². The van der Waals surface area contributed by atoms with E-state index in [0.717, 1.165) is 29.7 Å². The molecule has 0 bridgehead atoms. The maximum atomic E-state index is 13.2. The van der Waals surface area contributed by atoms with E-state index in [1.54, 1.807) is 16.8 Å². The minimum absolute atomic E-state index is 0.0220. The quantitative estimate of drug-likeness (QED) is 0.836. The summed E-state index contributed by atoms with van der Waals surface area (Å²) >= 11 is 0. The van der Waals surface area contributed by atoms with Crippen LogP contribution in [0.15, 0.2) is 24.3 Å². The lowest BCUT2D eigenvalue weighted by Gasteiger charge is -2.15. The number of benzene rings is 1. The van der Waals surface area contributed by atoms with E-state index in [4.69, 9.17) is 10.4 Å². The van der Waals surface area contributed by atoms with Crippen LogP contribution in [0.4, 0.5) is 0 Å². The van der Waals surface area contributed by atoms with Crippen molar-refractivity contribution in [2.45, 2.75) is 51.1 Å². The summed E-state index contributed by atoms with van der Waals surface area (Å²) in [6.07, 6.45) is 2.39. The fourth-order valence-corrected chi connectivity index (χ4v) is 3.68. The Labute approximate surface area is 163 Å². The molecule has 1 saturated carbocycles. The van der Waals surface area contributed by atoms with E-state index in [1.807, 2.05) is 26.0 Å². The van der Waals surface area contributed by atoms with Gasteiger partial charge in [0.1, 0.15) is 5.69 Å². The normalized spacial score (nSPS) is 18.8. The first-order valence-electron chi connectivity index (χ1n) is 9.68. The molecular weight excluding hydrogens is 354 g/mol. The molecule has 1 atom stereocenters. The Hall–Kier alpha value is -3.14. The Morgan fingerprint density at radius 2 is 2.04 bits per heavy atom. The minimum atomic E-state index is -0.194. The van der Waals surface area contributed by atoms with Crippen LogP contribution in [0, 0.1) is 11.3 Å². The summed E-state index contributed by atoms with van der Waals surface area (Å²) in [6.45, 7) is 4.47. The van der Waals surface area contributed by atoms with Crippen molar-refractivity contribution in [1.82, 2.24) is 20.4 Å². The van der Waals surface area contributed by atoms with Crippen LogP contribution in [0.25, 0.3) is 11.3 Å². The van der Waals surface area contributed by atoms with Crippen LogP contribution in [-0.4, -0.2) is 34.2 Å². The average Bonchev–Trinajstić information content (AvgIpc) is 3.31. The van der Waals surface area contributed by atoms with E-state index < -0.39 is 0 Å². The predicted molar refractivity (Wildman–Crippen MR) is 104 cm³/mol. The molecule has 1 aromatic carbocycles. The lowest BCUT2D eigenvalue weighted by atomic mass is 10.0. The van der Waals surface area contributed by atoms with E-state index in [1.165, 1.54) is 0 Å². The van der Waals surface area contributed by atoms with Crippen LogP contribution < -0.4 is 10.6 Å². The molecule has 144 valence electrons. The molecule has 0 unspecified atom stereocenters. The SMILES string of the molecule is CC(C)n1nc(-c2ccc(C#N)cc2)c(C2CC2)c1C(=O)N[C@H]1CNC(=O)C1. The summed E-state index contributed by atoms with van der Waals surface area (Å²) in [5.41, 5.74) is 3.89. The zero-order valence-corrected chi connectivity index (χ0v) is 16.0. The monoisotopic (exact) mass is 377 g/mol. The van der Waals surface area contributed by atoms with Gasteiger partial charge in [-0.3, -0.25) is 14.3 Å². The van der Waals surface area contributed by atoms with Crippen LogP contribution in [0.3, 0.4) is 0 Å². The number of carbonyl (C=O) groups is 2. The van der Waals surface area contributed by atoms with Gasteiger partial charge < -0.3 is 10.6 Å². The lowest BCUT2D eigenvalue weighted by Crippen LogP contribution is -2.38. The topological polar surface area (TPSA) is 99.8 Å². The molecule has 2 aromatic rings. The van der Waals surface area contributed by atoms with E-state index in [9.17, 15) is 9.59 Å². The number of amides is 2. The standard InChI is InChI=1S/C21H23N5O2/c1-12(2)26-20(21(28)24-16-9-17(27)23-11-16)18(14-7-8-14)19(25-26)15-5-3-13(10-22)4-6-15/h3-6,12,14,16H,7-9,11H2,1-2H3,(H,23,27)(H,24,28)/t16-/m1/s1. The first-order valence-corrected chi connectivity index (χ1v) is 9.68. The van der Waals surface area contributed by atoms with Crippen LogP contribution in [0.2, 0.25) is 0 Å². The predicted octanol–water partition coefficient (Wildman–Crippen LogP) is 2.50. The van der Waals surface area contributed by atoms with Gasteiger partial charge in [0.2, 0.25) is 5.91 Å². The maximum Gasteiger partial charge on any atom is 0.270 e. The van der Waals surface area contributed by atoms with Crippen molar-refractivity contribution >= 4 is 11.8 Å². The number of nitriles is 1. The van der Waals surface area contributed by atoms with Crippen molar-refractivity contribution in [3.8, 4) is 17.3 Å². The van der Waals surface area contributed by atoms with Gasteiger partial charge in [-0.05, 0) is 44.7 Å². The van der Waals surface area contributed by atoms with Gasteiger partial charge >= 0.3 is 0 Å². The minimum Gasteiger partial charge on any atom is -0.354 e.